The number of hydrogen-bond donors (Lipinski definition) is 0. The molecule has 4 aromatic rings. The predicted octanol–water partition coefficient (Wildman–Crippen LogP) is 6.06. The van der Waals surface area contributed by atoms with E-state index in [1.165, 1.54) is 22.4 Å². The van der Waals surface area contributed by atoms with Crippen LogP contribution in [-0.4, -0.2) is 18.5 Å². The monoisotopic (exact) mass is 505 g/mol. The first kappa shape index (κ1) is 25.4. The fourth-order valence-electron chi connectivity index (χ4n) is 3.15. The van der Waals surface area contributed by atoms with Gasteiger partial charge in [-0.2, -0.15) is 17.7 Å². The van der Waals surface area contributed by atoms with Crippen LogP contribution in [0.4, 0.5) is 13.2 Å². The van der Waals surface area contributed by atoms with Crippen molar-refractivity contribution in [3.63, 3.8) is 0 Å². The summed E-state index contributed by atoms with van der Waals surface area (Å²) in [5.74, 6) is 0. The van der Waals surface area contributed by atoms with Crippen LogP contribution < -0.4 is 4.57 Å². The van der Waals surface area contributed by atoms with Gasteiger partial charge in [0.2, 0.25) is 5.69 Å². The van der Waals surface area contributed by atoms with Crippen LogP contribution in [0.3, 0.4) is 0 Å². The molecule has 0 aliphatic carbocycles. The number of nitrogens with zero attached hydrogens (tertiary/aromatic N) is 1. The van der Waals surface area contributed by atoms with Gasteiger partial charge >= 0.3 is 5.51 Å². The molecule has 0 amide bonds. The van der Waals surface area contributed by atoms with E-state index in [0.29, 0.717) is 0 Å². The van der Waals surface area contributed by atoms with Gasteiger partial charge in [0, 0.05) is 23.3 Å². The predicted molar refractivity (Wildman–Crippen MR) is 124 cm³/mol. The number of hydrogen-bond acceptors (Lipinski definition) is 3. The Kier molecular flexibility index (Phi) is 8.09. The minimum atomic E-state index is -6.09. The van der Waals surface area contributed by atoms with E-state index >= 15 is 0 Å². The van der Waals surface area contributed by atoms with Crippen molar-refractivity contribution in [2.45, 2.75) is 12.1 Å². The lowest BCUT2D eigenvalue weighted by atomic mass is 10.0. The highest BCUT2D eigenvalue weighted by Gasteiger charge is 2.36. The van der Waals surface area contributed by atoms with Crippen LogP contribution in [0.15, 0.2) is 103 Å². The van der Waals surface area contributed by atoms with Gasteiger partial charge in [0.25, 0.3) is 0 Å². The zero-order valence-electron chi connectivity index (χ0n) is 17.6. The van der Waals surface area contributed by atoms with Crippen LogP contribution in [0.25, 0.3) is 22.4 Å². The molecule has 0 radical (unpaired) electrons. The third-order valence-electron chi connectivity index (χ3n) is 4.79. The van der Waals surface area contributed by atoms with E-state index in [1.54, 1.807) is 0 Å². The van der Waals surface area contributed by atoms with Gasteiger partial charge in [0.15, 0.2) is 22.9 Å². The molecule has 0 unspecified atom stereocenters. The Bertz CT molecular complexity index is 1350. The second-order valence-corrected chi connectivity index (χ2v) is 8.93. The number of benzene rings is 3. The van der Waals surface area contributed by atoms with Crippen LogP contribution in [0.1, 0.15) is 5.56 Å². The average molecular weight is 506 g/mol. The molecule has 0 aliphatic rings. The first-order valence-corrected chi connectivity index (χ1v) is 11.7. The Balaban J connectivity index is 0.000000350. The van der Waals surface area contributed by atoms with Crippen molar-refractivity contribution in [3.8, 4) is 22.4 Å². The first-order valence-electron chi connectivity index (χ1n) is 9.96. The molecule has 4 nitrogen and oxygen atoms in total. The summed E-state index contributed by atoms with van der Waals surface area (Å²) in [5.41, 5.74) is 0.259. The quantitative estimate of drug-likeness (QED) is 0.192. The number of rotatable bonds is 4. The molecule has 0 fully saturated rings. The van der Waals surface area contributed by atoms with Gasteiger partial charge in [-0.3, -0.25) is 0 Å². The lowest BCUT2D eigenvalue weighted by molar-refractivity contribution is -0.677. The molecule has 0 saturated carbocycles. The fraction of sp³-hybridized carbons (Fsp3) is 0.0800. The summed E-state index contributed by atoms with van der Waals surface area (Å²) in [6, 6.07) is 33.4. The summed E-state index contributed by atoms with van der Waals surface area (Å²) in [6.07, 6.45) is 2.15. The summed E-state index contributed by atoms with van der Waals surface area (Å²) >= 11 is 6.39. The van der Waals surface area contributed by atoms with Crippen molar-refractivity contribution in [2.24, 2.45) is 0 Å². The SMILES string of the molecule is Clc1ccccc1C[n+]1ccc(-c2ccccc2)cc1-c1ccccc1.O=S(=O)([O-])C(F)(F)F. The van der Waals surface area contributed by atoms with E-state index in [4.69, 9.17) is 24.6 Å². The Morgan fingerprint density at radius 2 is 1.26 bits per heavy atom. The minimum absolute atomic E-state index is 0.735. The van der Waals surface area contributed by atoms with E-state index in [-0.39, 0.29) is 0 Å². The molecule has 9 heteroatoms. The van der Waals surface area contributed by atoms with Crippen LogP contribution in [-0.2, 0) is 16.7 Å². The Morgan fingerprint density at radius 3 is 1.79 bits per heavy atom. The van der Waals surface area contributed by atoms with Crippen LogP contribution in [0.2, 0.25) is 5.02 Å². The summed E-state index contributed by atoms with van der Waals surface area (Å²) in [7, 11) is -6.09. The molecule has 4 rings (SSSR count). The number of halogens is 4. The van der Waals surface area contributed by atoms with Gasteiger partial charge in [0.1, 0.15) is 0 Å². The minimum Gasteiger partial charge on any atom is -0.741 e. The molecule has 0 saturated heterocycles. The maximum atomic E-state index is 10.7. The van der Waals surface area contributed by atoms with E-state index < -0.39 is 15.6 Å². The zero-order valence-corrected chi connectivity index (χ0v) is 19.2. The van der Waals surface area contributed by atoms with Crippen molar-refractivity contribution < 1.29 is 30.7 Å². The largest absolute Gasteiger partial charge is 0.741 e. The van der Waals surface area contributed by atoms with Gasteiger partial charge in [-0.15, -0.1) is 0 Å². The molecule has 0 N–H and O–H groups in total. The van der Waals surface area contributed by atoms with E-state index in [0.717, 1.165) is 17.1 Å². The van der Waals surface area contributed by atoms with Crippen molar-refractivity contribution >= 4 is 21.7 Å². The second kappa shape index (κ2) is 10.8. The Morgan fingerprint density at radius 1 is 0.765 bits per heavy atom. The lowest BCUT2D eigenvalue weighted by Gasteiger charge is -2.08. The molecule has 176 valence electrons. The van der Waals surface area contributed by atoms with Gasteiger partial charge in [-0.1, -0.05) is 78.3 Å². The molecular formula is C25H19ClF3NO3S. The van der Waals surface area contributed by atoms with Crippen molar-refractivity contribution in [1.29, 1.82) is 0 Å². The van der Waals surface area contributed by atoms with Gasteiger partial charge in [-0.25, -0.2) is 8.42 Å². The topological polar surface area (TPSA) is 61.1 Å². The standard InChI is InChI=1S/C24H19ClN.CHF3O3S/c25-23-14-8-7-13-22(23)18-26-16-15-21(19-9-3-1-4-10-19)17-24(26)20-11-5-2-6-12-20;2-1(3,4)8(5,6)7/h1-17H,18H2;(H,5,6,7)/q+1;/p-1. The maximum Gasteiger partial charge on any atom is 0.485 e. The number of pyridine rings is 1. The summed E-state index contributed by atoms with van der Waals surface area (Å²) < 4.78 is 61.2. The van der Waals surface area contributed by atoms with Crippen LogP contribution in [0, 0.1) is 0 Å². The van der Waals surface area contributed by atoms with Crippen molar-refractivity contribution in [3.05, 3.63) is 114 Å². The maximum absolute atomic E-state index is 10.7. The zero-order chi connectivity index (χ0) is 24.8. The molecular weight excluding hydrogens is 487 g/mol. The third kappa shape index (κ3) is 6.66. The van der Waals surface area contributed by atoms with Crippen molar-refractivity contribution in [2.75, 3.05) is 0 Å². The van der Waals surface area contributed by atoms with Gasteiger partial charge in [0.05, 0.1) is 5.02 Å². The first-order chi connectivity index (χ1) is 16.1. The highest BCUT2D eigenvalue weighted by atomic mass is 35.5. The summed E-state index contributed by atoms with van der Waals surface area (Å²) in [4.78, 5) is 0. The highest BCUT2D eigenvalue weighted by molar-refractivity contribution is 7.86. The van der Waals surface area contributed by atoms with E-state index in [1.807, 2.05) is 30.3 Å². The smallest absolute Gasteiger partial charge is 0.485 e. The third-order valence-corrected chi connectivity index (χ3v) is 5.73. The Labute approximate surface area is 200 Å². The van der Waals surface area contributed by atoms with Gasteiger partial charge in [-0.05, 0) is 29.3 Å². The molecule has 1 heterocycles. The summed E-state index contributed by atoms with van der Waals surface area (Å²) in [6.45, 7) is 0.735. The number of alkyl halides is 3. The molecule has 0 aliphatic heterocycles. The average Bonchev–Trinajstić information content (AvgIpc) is 2.81. The van der Waals surface area contributed by atoms with Crippen molar-refractivity contribution in [1.82, 2.24) is 0 Å². The molecule has 0 spiro atoms. The van der Waals surface area contributed by atoms with E-state index in [9.17, 15) is 13.2 Å². The molecule has 0 atom stereocenters. The molecule has 34 heavy (non-hydrogen) atoms. The number of aromatic nitrogens is 1. The lowest BCUT2D eigenvalue weighted by Crippen LogP contribution is -2.36. The highest BCUT2D eigenvalue weighted by Crippen LogP contribution is 2.24. The van der Waals surface area contributed by atoms with Gasteiger partial charge < -0.3 is 4.55 Å². The Hall–Kier alpha value is -3.20. The molecule has 0 bridgehead atoms. The molecule has 1 aromatic heterocycles. The van der Waals surface area contributed by atoms with E-state index in [2.05, 4.69) is 77.5 Å². The summed E-state index contributed by atoms with van der Waals surface area (Å²) in [5, 5.41) is 0.797. The van der Waals surface area contributed by atoms with Crippen LogP contribution in [0.5, 0.6) is 0 Å². The molecule has 3 aromatic carbocycles. The van der Waals surface area contributed by atoms with Crippen LogP contribution >= 0.6 is 11.6 Å². The fourth-order valence-corrected chi connectivity index (χ4v) is 3.34. The second-order valence-electron chi connectivity index (χ2n) is 7.15. The normalized spacial score (nSPS) is 11.4.